The van der Waals surface area contributed by atoms with Gasteiger partial charge in [-0.1, -0.05) is 61.4 Å². The molecule has 0 spiro atoms. The Kier molecular flexibility index (Phi) is 19.1. The number of rotatable bonds is 10. The number of benzene rings is 4. The van der Waals surface area contributed by atoms with Gasteiger partial charge in [-0.3, -0.25) is 0 Å². The van der Waals surface area contributed by atoms with Crippen molar-refractivity contribution in [3.8, 4) is 0 Å². The van der Waals surface area contributed by atoms with Gasteiger partial charge in [-0.25, -0.2) is 9.59 Å². The monoisotopic (exact) mass is 1380 g/mol. The van der Waals surface area contributed by atoms with E-state index in [2.05, 4.69) is 0 Å². The molecule has 2 aromatic heterocycles. The van der Waals surface area contributed by atoms with Gasteiger partial charge in [-0.05, 0) is 87.8 Å². The van der Waals surface area contributed by atoms with Crippen LogP contribution in [0, 0.1) is 7.53 Å². The van der Waals surface area contributed by atoms with Crippen LogP contribution in [-0.2, 0) is 58.9 Å². The molecule has 0 amide bonds. The van der Waals surface area contributed by atoms with Crippen molar-refractivity contribution in [1.82, 2.24) is 0 Å². The van der Waals surface area contributed by atoms with E-state index in [4.69, 9.17) is 18.3 Å². The van der Waals surface area contributed by atoms with E-state index in [1.807, 2.05) is 0 Å². The van der Waals surface area contributed by atoms with E-state index in [0.717, 1.165) is 51.4 Å². The molecule has 32 heteroatoms. The first kappa shape index (κ1) is 67.0. The summed E-state index contributed by atoms with van der Waals surface area (Å²) >= 11 is -0.771. The number of hydrogen-bond acceptors (Lipinski definition) is 6. The zero-order chi connectivity index (χ0) is 64.0. The van der Waals surface area contributed by atoms with Gasteiger partial charge in [-0.2, -0.15) is 127 Å². The number of hydrogen-bond donors (Lipinski definition) is 0. The summed E-state index contributed by atoms with van der Waals surface area (Å²) < 4.78 is 365. The summed E-state index contributed by atoms with van der Waals surface area (Å²) in [5.41, 5.74) is -30.2. The Hall–Kier alpha value is -6.51. The van der Waals surface area contributed by atoms with Crippen LogP contribution in [0.25, 0.3) is 0 Å². The zero-order valence-corrected chi connectivity index (χ0v) is 45.1. The minimum absolute atomic E-state index is 0.00214. The zero-order valence-electron chi connectivity index (χ0n) is 42.9. The van der Waals surface area contributed by atoms with Crippen LogP contribution in [0.15, 0.2) is 106 Å². The van der Waals surface area contributed by atoms with E-state index in [1.54, 1.807) is 24.3 Å². The first-order chi connectivity index (χ1) is 39.4. The topological polar surface area (TPSA) is 78.9 Å². The average Bonchev–Trinajstić information content (AvgIpc) is 0.817. The molecule has 0 N–H and O–H groups in total. The molecular weight excluding hydrogens is 1340 g/mol. The van der Waals surface area contributed by atoms with Crippen LogP contribution in [0.4, 0.5) is 105 Å². The van der Waals surface area contributed by atoms with Crippen LogP contribution in [0.1, 0.15) is 130 Å². The average molecular weight is 1380 g/mol. The Morgan fingerprint density at radius 1 is 0.337 bits per heavy atom. The quantitative estimate of drug-likeness (QED) is 0.0589. The molecule has 0 saturated heterocycles. The lowest BCUT2D eigenvalue weighted by molar-refractivity contribution is -0.636. The van der Waals surface area contributed by atoms with Gasteiger partial charge >= 0.3 is 90.1 Å². The molecule has 0 radical (unpaired) electrons. The van der Waals surface area contributed by atoms with Gasteiger partial charge < -0.3 is 18.3 Å². The normalized spacial score (nSPS) is 15.7. The number of furan rings is 2. The summed E-state index contributed by atoms with van der Waals surface area (Å²) in [4.78, 5) is 24.5. The van der Waals surface area contributed by atoms with Crippen LogP contribution in [-0.4, -0.2) is 30.3 Å². The third-order valence-corrected chi connectivity index (χ3v) is 16.0. The van der Waals surface area contributed by atoms with Crippen molar-refractivity contribution in [3.63, 3.8) is 0 Å². The van der Waals surface area contributed by atoms with E-state index in [-0.39, 0.29) is 23.7 Å². The van der Waals surface area contributed by atoms with E-state index in [9.17, 15) is 115 Å². The van der Waals surface area contributed by atoms with Crippen LogP contribution in [0.5, 0.6) is 0 Å². The van der Waals surface area contributed by atoms with E-state index in [1.165, 1.54) is 12.8 Å². The first-order valence-corrected chi connectivity index (χ1v) is 27.2. The molecule has 0 aliphatic heterocycles. The van der Waals surface area contributed by atoms with Gasteiger partial charge in [0, 0.05) is 12.1 Å². The molecule has 8 rings (SSSR count). The number of esters is 2. The van der Waals surface area contributed by atoms with Crippen molar-refractivity contribution in [3.05, 3.63) is 161 Å². The lowest BCUT2D eigenvalue weighted by atomic mass is 9.12. The number of ether oxygens (including phenoxy) is 2. The number of carbonyl (C=O) groups is 2. The molecule has 2 aliphatic carbocycles. The fourth-order valence-electron chi connectivity index (χ4n) is 9.90. The fraction of sp³-hybridized carbons (Fsp3) is 0.370. The summed E-state index contributed by atoms with van der Waals surface area (Å²) in [6.07, 6.45) is -44.2. The predicted molar refractivity (Wildman–Crippen MR) is 249 cm³/mol. The summed E-state index contributed by atoms with van der Waals surface area (Å²) in [5.74, 6) is -0.339. The van der Waals surface area contributed by atoms with E-state index >= 15 is 0 Å². The SMILES string of the molecule is FC(F)(F)c1cc([B-](c2cc(C(F)(F)F)cc(C(F)(F)F)c2)(c2cc(C(F)(F)F)cc(C(F)(F)F)c2)c2cc(C(F)(F)F)cc(C(F)(F)F)c2)cc(C(F)(F)F)c1.O=C(OC1CCCCC1)c1ccc([I+]c2ccc(C(=O)OC3CCCCC3)o2)o1. The standard InChI is InChI=1S/C32H12BF24.C22H26IO6/c34-25(35,36)13-1-14(26(37,38)39)6-21(5-13)33(22-7-15(27(40,41)42)2-16(8-22)28(43,44)45,23-9-17(29(46,47)48)3-18(10-23)30(49,50)51)24-11-19(31(52,53)54)4-20(12-24)32(55,56)57;24-21(26-15-7-3-1-4-8-15)17-11-13-19(28-17)23-20-14-12-18(29-20)22(25)27-16-9-5-2-6-10-16/h1-12H;11-16H,1-10H2/q-1;+1. The maximum absolute atomic E-state index is 14.2. The molecule has 468 valence electrons. The van der Waals surface area contributed by atoms with Crippen LogP contribution >= 0.6 is 0 Å². The molecule has 2 aliphatic rings. The smallest absolute Gasteiger partial charge is 0.443 e. The number of carbonyl (C=O) groups excluding carboxylic acids is 2. The Balaban J connectivity index is 0.000000302. The Morgan fingerprint density at radius 2 is 0.547 bits per heavy atom. The lowest BCUT2D eigenvalue weighted by Crippen LogP contribution is -3.61. The maximum atomic E-state index is 14.2. The predicted octanol–water partition coefficient (Wildman–Crippen LogP) is 13.2. The first-order valence-electron chi connectivity index (χ1n) is 25.1. The summed E-state index contributed by atoms with van der Waals surface area (Å²) in [6, 6.07) is -1.93. The van der Waals surface area contributed by atoms with Gasteiger partial charge in [0.1, 0.15) is 18.4 Å². The van der Waals surface area contributed by atoms with Crippen LogP contribution < -0.4 is 43.1 Å². The minimum Gasteiger partial charge on any atom is -0.457 e. The summed E-state index contributed by atoms with van der Waals surface area (Å²) in [5, 5.41) is 0. The molecule has 2 fully saturated rings. The molecule has 2 saturated carbocycles. The summed E-state index contributed by atoms with van der Waals surface area (Å²) in [7, 11) is 0. The summed E-state index contributed by atoms with van der Waals surface area (Å²) in [6.45, 7) is 0. The van der Waals surface area contributed by atoms with Crippen molar-refractivity contribution in [2.45, 2.75) is 126 Å². The third-order valence-electron chi connectivity index (χ3n) is 13.8. The second kappa shape index (κ2) is 24.6. The highest BCUT2D eigenvalue weighted by Gasteiger charge is 2.47. The highest BCUT2D eigenvalue weighted by Crippen LogP contribution is 2.42. The minimum atomic E-state index is -6.13. The number of halogens is 25. The highest BCUT2D eigenvalue weighted by atomic mass is 127. The third kappa shape index (κ3) is 16.2. The highest BCUT2D eigenvalue weighted by molar-refractivity contribution is 7.20. The molecule has 6 nitrogen and oxygen atoms in total. The number of alkyl halides is 24. The molecule has 0 atom stereocenters. The van der Waals surface area contributed by atoms with Gasteiger partial charge in [0.15, 0.2) is 0 Å². The second-order valence-electron chi connectivity index (χ2n) is 19.9. The van der Waals surface area contributed by atoms with Crippen LogP contribution in [0.3, 0.4) is 0 Å². The second-order valence-corrected chi connectivity index (χ2v) is 22.5. The van der Waals surface area contributed by atoms with E-state index in [0.29, 0.717) is 7.53 Å². The van der Waals surface area contributed by atoms with E-state index < -0.39 is 228 Å². The maximum Gasteiger partial charge on any atom is 0.443 e. The van der Waals surface area contributed by atoms with Gasteiger partial charge in [-0.15, -0.1) is 0 Å². The molecular formula is C54H38BF24IO6. The molecule has 0 unspecified atom stereocenters. The van der Waals surface area contributed by atoms with Crippen molar-refractivity contribution in [2.75, 3.05) is 0 Å². The van der Waals surface area contributed by atoms with Gasteiger partial charge in [0.25, 0.3) is 0 Å². The Bertz CT molecular complexity index is 2880. The molecule has 86 heavy (non-hydrogen) atoms. The Labute approximate surface area is 479 Å². The van der Waals surface area contributed by atoms with Crippen LogP contribution in [0.2, 0.25) is 0 Å². The molecule has 0 bridgehead atoms. The van der Waals surface area contributed by atoms with Gasteiger partial charge in [0.05, 0.1) is 44.5 Å². The fourth-order valence-corrected chi connectivity index (χ4v) is 11.8. The van der Waals surface area contributed by atoms with Crippen molar-refractivity contribution >= 4 is 39.9 Å². The Morgan fingerprint density at radius 3 is 0.744 bits per heavy atom. The largest absolute Gasteiger partial charge is 0.457 e. The molecule has 2 heterocycles. The van der Waals surface area contributed by atoms with Crippen molar-refractivity contribution in [2.24, 2.45) is 0 Å². The van der Waals surface area contributed by atoms with Crippen molar-refractivity contribution in [1.29, 1.82) is 0 Å². The van der Waals surface area contributed by atoms with Crippen molar-refractivity contribution < 1.29 is 154 Å². The van der Waals surface area contributed by atoms with Gasteiger partial charge in [0.2, 0.25) is 11.5 Å². The lowest BCUT2D eigenvalue weighted by Gasteiger charge is -2.46. The molecule has 4 aromatic carbocycles. The molecule has 6 aromatic rings.